The second kappa shape index (κ2) is 8.75. The Hall–Kier alpha value is -2.06. The standard InChI is InChI=1S/C24H31NO3S/c1-4-6-7-8-15-24(5-2)20-12-11-19(22(26)17-20)16-23(24)25-29(27,28)21-13-9-18(3)10-14-21/h2,9-10,13-14,16,19-20,25H,4,6-8,11-12,15,17H2,1,3H3/t19-,20-,24+/m1/s1. The fourth-order valence-corrected chi connectivity index (χ4v) is 5.84. The van der Waals surface area contributed by atoms with Crippen molar-refractivity contribution in [3.8, 4) is 12.3 Å². The number of hydrogen-bond donors (Lipinski definition) is 1. The molecule has 0 saturated heterocycles. The van der Waals surface area contributed by atoms with Gasteiger partial charge in [0.05, 0.1) is 10.3 Å². The summed E-state index contributed by atoms with van der Waals surface area (Å²) in [5.41, 5.74) is 0.803. The number of allylic oxidation sites excluding steroid dienone is 2. The Morgan fingerprint density at radius 3 is 2.52 bits per heavy atom. The molecule has 5 heteroatoms. The summed E-state index contributed by atoms with van der Waals surface area (Å²) in [5.74, 6) is 2.90. The molecule has 3 aliphatic rings. The van der Waals surface area contributed by atoms with E-state index in [9.17, 15) is 13.2 Å². The summed E-state index contributed by atoms with van der Waals surface area (Å²) >= 11 is 0. The van der Waals surface area contributed by atoms with Crippen molar-refractivity contribution >= 4 is 15.8 Å². The maximum atomic E-state index is 13.1. The van der Waals surface area contributed by atoms with E-state index in [4.69, 9.17) is 6.42 Å². The average Bonchev–Trinajstić information content (AvgIpc) is 2.89. The molecule has 29 heavy (non-hydrogen) atoms. The molecule has 1 N–H and O–H groups in total. The van der Waals surface area contributed by atoms with Gasteiger partial charge in [-0.15, -0.1) is 6.42 Å². The molecule has 0 aliphatic heterocycles. The Labute approximate surface area is 175 Å². The Bertz CT molecular complexity index is 924. The predicted molar refractivity (Wildman–Crippen MR) is 115 cm³/mol. The minimum absolute atomic E-state index is 0.00709. The predicted octanol–water partition coefficient (Wildman–Crippen LogP) is 4.75. The number of unbranched alkanes of at least 4 members (excludes halogenated alkanes) is 3. The number of ketones is 1. The lowest BCUT2D eigenvalue weighted by Gasteiger charge is -2.38. The van der Waals surface area contributed by atoms with Crippen molar-refractivity contribution in [2.75, 3.05) is 0 Å². The average molecular weight is 414 g/mol. The number of aryl methyl sites for hydroxylation is 1. The summed E-state index contributed by atoms with van der Waals surface area (Å²) in [6, 6.07) is 6.77. The van der Waals surface area contributed by atoms with Crippen molar-refractivity contribution in [3.05, 3.63) is 41.6 Å². The van der Waals surface area contributed by atoms with Crippen LogP contribution in [0.15, 0.2) is 40.9 Å². The Balaban J connectivity index is 1.97. The highest BCUT2D eigenvalue weighted by Crippen LogP contribution is 2.50. The molecule has 0 heterocycles. The van der Waals surface area contributed by atoms with Crippen molar-refractivity contribution in [2.45, 2.75) is 70.1 Å². The van der Waals surface area contributed by atoms with Gasteiger partial charge < -0.3 is 0 Å². The largest absolute Gasteiger partial charge is 0.299 e. The number of terminal acetylenes is 1. The highest BCUT2D eigenvalue weighted by Gasteiger charge is 2.48. The van der Waals surface area contributed by atoms with Crippen LogP contribution in [-0.2, 0) is 14.8 Å². The van der Waals surface area contributed by atoms with Gasteiger partial charge in [-0.2, -0.15) is 0 Å². The zero-order valence-corrected chi connectivity index (χ0v) is 18.2. The van der Waals surface area contributed by atoms with Crippen LogP contribution in [0.3, 0.4) is 0 Å². The van der Waals surface area contributed by atoms with Gasteiger partial charge in [0.25, 0.3) is 10.0 Å². The quantitative estimate of drug-likeness (QED) is 0.494. The zero-order chi connectivity index (χ0) is 21.1. The second-order valence-corrected chi connectivity index (χ2v) is 10.2. The third kappa shape index (κ3) is 4.43. The first-order valence-corrected chi connectivity index (χ1v) is 12.1. The molecule has 4 rings (SSSR count). The summed E-state index contributed by atoms with van der Waals surface area (Å²) in [6.45, 7) is 4.07. The lowest BCUT2D eigenvalue weighted by molar-refractivity contribution is -0.124. The number of hydrogen-bond acceptors (Lipinski definition) is 3. The van der Waals surface area contributed by atoms with E-state index < -0.39 is 15.4 Å². The fourth-order valence-electron chi connectivity index (χ4n) is 4.69. The molecule has 0 radical (unpaired) electrons. The van der Waals surface area contributed by atoms with Crippen LogP contribution < -0.4 is 4.72 Å². The van der Waals surface area contributed by atoms with Crippen LogP contribution in [0.1, 0.15) is 63.9 Å². The first kappa shape index (κ1) is 21.6. The van der Waals surface area contributed by atoms with Gasteiger partial charge >= 0.3 is 0 Å². The number of rotatable bonds is 8. The highest BCUT2D eigenvalue weighted by molar-refractivity contribution is 7.89. The monoisotopic (exact) mass is 413 g/mol. The molecule has 4 nitrogen and oxygen atoms in total. The van der Waals surface area contributed by atoms with E-state index in [1.54, 1.807) is 24.3 Å². The number of nitrogens with one attached hydrogen (secondary N) is 1. The minimum Gasteiger partial charge on any atom is -0.299 e. The number of carbonyl (C=O) groups excluding carboxylic acids is 1. The zero-order valence-electron chi connectivity index (χ0n) is 17.4. The minimum atomic E-state index is -3.77. The van der Waals surface area contributed by atoms with Crippen LogP contribution >= 0.6 is 0 Å². The van der Waals surface area contributed by atoms with Crippen LogP contribution in [0.4, 0.5) is 0 Å². The molecule has 0 unspecified atom stereocenters. The number of carbonyl (C=O) groups is 1. The van der Waals surface area contributed by atoms with Gasteiger partial charge in [-0.05, 0) is 44.2 Å². The molecular weight excluding hydrogens is 382 g/mol. The SMILES string of the molecule is C#C[C@@]1(CCCCCC)C(NS(=O)(=O)c2ccc(C)cc2)=C[C@H]2CC[C@@H]1CC2=O. The number of benzene rings is 1. The van der Waals surface area contributed by atoms with Crippen LogP contribution in [-0.4, -0.2) is 14.2 Å². The molecule has 156 valence electrons. The van der Waals surface area contributed by atoms with Crippen molar-refractivity contribution < 1.29 is 13.2 Å². The van der Waals surface area contributed by atoms with Gasteiger partial charge in [0, 0.05) is 18.0 Å². The van der Waals surface area contributed by atoms with E-state index in [0.29, 0.717) is 18.5 Å². The maximum absolute atomic E-state index is 13.1. The van der Waals surface area contributed by atoms with Gasteiger partial charge in [-0.3, -0.25) is 9.52 Å². The summed E-state index contributed by atoms with van der Waals surface area (Å²) < 4.78 is 29.0. The first-order chi connectivity index (χ1) is 13.8. The van der Waals surface area contributed by atoms with Gasteiger partial charge in [0.2, 0.25) is 0 Å². The third-order valence-electron chi connectivity index (χ3n) is 6.49. The molecule has 1 saturated carbocycles. The molecule has 1 fully saturated rings. The maximum Gasteiger partial charge on any atom is 0.261 e. The van der Waals surface area contributed by atoms with Crippen LogP contribution in [0.5, 0.6) is 0 Å². The summed E-state index contributed by atoms with van der Waals surface area (Å²) in [6.07, 6.45) is 14.9. The van der Waals surface area contributed by atoms with Crippen molar-refractivity contribution in [3.63, 3.8) is 0 Å². The summed E-state index contributed by atoms with van der Waals surface area (Å²) in [4.78, 5) is 12.8. The Kier molecular flexibility index (Phi) is 6.53. The molecule has 0 spiro atoms. The van der Waals surface area contributed by atoms with E-state index in [0.717, 1.165) is 44.1 Å². The topological polar surface area (TPSA) is 63.2 Å². The van der Waals surface area contributed by atoms with Crippen LogP contribution in [0.25, 0.3) is 0 Å². The molecule has 1 aromatic rings. The Morgan fingerprint density at radius 2 is 1.90 bits per heavy atom. The lowest BCUT2D eigenvalue weighted by atomic mass is 9.66. The highest BCUT2D eigenvalue weighted by atomic mass is 32.2. The third-order valence-corrected chi connectivity index (χ3v) is 7.87. The first-order valence-electron chi connectivity index (χ1n) is 10.6. The van der Waals surface area contributed by atoms with Gasteiger partial charge in [0.1, 0.15) is 5.78 Å². The summed E-state index contributed by atoms with van der Waals surface area (Å²) in [5, 5.41) is 0. The molecule has 3 atom stereocenters. The lowest BCUT2D eigenvalue weighted by Crippen LogP contribution is -2.39. The Morgan fingerprint density at radius 1 is 1.17 bits per heavy atom. The van der Waals surface area contributed by atoms with E-state index >= 15 is 0 Å². The molecule has 0 amide bonds. The van der Waals surface area contributed by atoms with E-state index in [-0.39, 0.29) is 22.5 Å². The molecular formula is C24H31NO3S. The smallest absolute Gasteiger partial charge is 0.261 e. The van der Waals surface area contributed by atoms with Gasteiger partial charge in [-0.25, -0.2) is 8.42 Å². The number of fused-ring (bicyclic) bond motifs is 3. The van der Waals surface area contributed by atoms with Crippen molar-refractivity contribution in [2.24, 2.45) is 17.3 Å². The molecule has 0 aromatic heterocycles. The van der Waals surface area contributed by atoms with E-state index in [1.165, 1.54) is 0 Å². The molecule has 1 aromatic carbocycles. The van der Waals surface area contributed by atoms with Gasteiger partial charge in [0.15, 0.2) is 0 Å². The van der Waals surface area contributed by atoms with E-state index in [2.05, 4.69) is 17.6 Å². The van der Waals surface area contributed by atoms with Crippen molar-refractivity contribution in [1.29, 1.82) is 0 Å². The van der Waals surface area contributed by atoms with Gasteiger partial charge in [-0.1, -0.05) is 62.3 Å². The fraction of sp³-hybridized carbons (Fsp3) is 0.542. The van der Waals surface area contributed by atoms with Crippen molar-refractivity contribution in [1.82, 2.24) is 4.72 Å². The van der Waals surface area contributed by atoms with Crippen LogP contribution in [0, 0.1) is 36.5 Å². The van der Waals surface area contributed by atoms with Crippen LogP contribution in [0.2, 0.25) is 0 Å². The molecule has 3 aliphatic carbocycles. The number of Topliss-reactive ketones (excluding diaryl/α,β-unsaturated/α-hetero) is 1. The van der Waals surface area contributed by atoms with E-state index in [1.807, 2.05) is 13.0 Å². The molecule has 2 bridgehead atoms. The normalized spacial score (nSPS) is 26.5. The second-order valence-electron chi connectivity index (χ2n) is 8.48. The summed E-state index contributed by atoms with van der Waals surface area (Å²) in [7, 11) is -3.77. The number of sulfonamides is 1.